The van der Waals surface area contributed by atoms with Gasteiger partial charge < -0.3 is 20.3 Å². The quantitative estimate of drug-likeness (QED) is 0.247. The molecule has 0 unspecified atom stereocenters. The van der Waals surface area contributed by atoms with Gasteiger partial charge in [-0.3, -0.25) is 4.55 Å². The molecule has 32 heavy (non-hydrogen) atoms. The van der Waals surface area contributed by atoms with Crippen LogP contribution in [-0.4, -0.2) is 54.8 Å². The molecule has 4 rings (SSSR count). The summed E-state index contributed by atoms with van der Waals surface area (Å²) in [4.78, 5) is 0. The number of hydrogen-bond donors (Lipinski definition) is 4. The first-order chi connectivity index (χ1) is 15.1. The van der Waals surface area contributed by atoms with E-state index >= 15 is 0 Å². The predicted molar refractivity (Wildman–Crippen MR) is 128 cm³/mol. The van der Waals surface area contributed by atoms with Crippen LogP contribution in [0.15, 0.2) is 48.5 Å². The molecule has 0 heterocycles. The summed E-state index contributed by atoms with van der Waals surface area (Å²) in [6.45, 7) is 4.79. The largest absolute Gasteiger partial charge is 0.493 e. The molecule has 7 nitrogen and oxygen atoms in total. The normalized spacial score (nSPS) is 12.3. The summed E-state index contributed by atoms with van der Waals surface area (Å²) in [5.74, 6) is 0.913. The van der Waals surface area contributed by atoms with Crippen LogP contribution in [0, 0.1) is 0 Å². The lowest BCUT2D eigenvalue weighted by atomic mass is 9.91. The van der Waals surface area contributed by atoms with E-state index in [9.17, 15) is 18.6 Å². The second-order valence-corrected chi connectivity index (χ2v) is 9.57. The van der Waals surface area contributed by atoms with Crippen LogP contribution in [0.25, 0.3) is 32.3 Å². The molecular formula is C24H29NO6S. The van der Waals surface area contributed by atoms with E-state index in [0.717, 1.165) is 16.7 Å². The smallest absolute Gasteiger partial charge is 0.261 e. The summed E-state index contributed by atoms with van der Waals surface area (Å²) in [5.41, 5.74) is 0.443. The molecule has 0 aliphatic heterocycles. The van der Waals surface area contributed by atoms with Gasteiger partial charge in [0, 0.05) is 17.3 Å². The van der Waals surface area contributed by atoms with Crippen molar-refractivity contribution in [3.05, 3.63) is 54.1 Å². The molecule has 0 aromatic heterocycles. The Kier molecular flexibility index (Phi) is 7.22. The Morgan fingerprint density at radius 2 is 1.41 bits per heavy atom. The molecule has 0 saturated carbocycles. The average molecular weight is 460 g/mol. The highest BCUT2D eigenvalue weighted by molar-refractivity contribution is 7.85. The molecule has 0 amide bonds. The molecule has 0 radical (unpaired) electrons. The van der Waals surface area contributed by atoms with Gasteiger partial charge >= 0.3 is 0 Å². The fraction of sp³-hybridized carbons (Fsp3) is 0.333. The molecule has 0 saturated heterocycles. The lowest BCUT2D eigenvalue weighted by molar-refractivity contribution is 0.103. The molecule has 0 aliphatic carbocycles. The van der Waals surface area contributed by atoms with Gasteiger partial charge in [0.05, 0.1) is 31.6 Å². The molecule has 8 heteroatoms. The van der Waals surface area contributed by atoms with Crippen LogP contribution in [0.1, 0.15) is 19.4 Å². The summed E-state index contributed by atoms with van der Waals surface area (Å²) in [6.07, 6.45) is 0.715. The maximum absolute atomic E-state index is 9.54. The second kappa shape index (κ2) is 9.56. The number of nitrogens with one attached hydrogen (secondary N) is 1. The molecular weight excluding hydrogens is 430 g/mol. The predicted octanol–water partition coefficient (Wildman–Crippen LogP) is 3.32. The molecule has 4 aromatic carbocycles. The van der Waals surface area contributed by atoms with E-state index in [0.29, 0.717) is 19.4 Å². The van der Waals surface area contributed by atoms with Gasteiger partial charge in [0.15, 0.2) is 0 Å². The summed E-state index contributed by atoms with van der Waals surface area (Å²) in [5, 5.41) is 29.6. The monoisotopic (exact) mass is 459 g/mol. The Morgan fingerprint density at radius 3 is 1.97 bits per heavy atom. The fourth-order valence-electron chi connectivity index (χ4n) is 3.74. The number of ether oxygens (including phenoxy) is 1. The van der Waals surface area contributed by atoms with Crippen LogP contribution >= 0.6 is 0 Å². The minimum atomic E-state index is -3.67. The van der Waals surface area contributed by atoms with Crippen LogP contribution in [0.2, 0.25) is 0 Å². The molecule has 0 aliphatic rings. The van der Waals surface area contributed by atoms with Gasteiger partial charge in [0.25, 0.3) is 10.1 Å². The molecule has 0 spiro atoms. The van der Waals surface area contributed by atoms with Gasteiger partial charge in [-0.2, -0.15) is 8.42 Å². The Morgan fingerprint density at radius 1 is 0.906 bits per heavy atom. The average Bonchev–Trinajstić information content (AvgIpc) is 2.76. The first-order valence-electron chi connectivity index (χ1n) is 10.3. The van der Waals surface area contributed by atoms with Crippen molar-refractivity contribution in [3.8, 4) is 5.75 Å². The Labute approximate surface area is 187 Å². The van der Waals surface area contributed by atoms with E-state index < -0.39 is 15.7 Å². The van der Waals surface area contributed by atoms with Crippen molar-refractivity contribution in [3.63, 3.8) is 0 Å². The maximum Gasteiger partial charge on any atom is 0.261 e. The van der Waals surface area contributed by atoms with Crippen molar-refractivity contribution in [1.29, 1.82) is 0 Å². The maximum atomic E-state index is 9.54. The van der Waals surface area contributed by atoms with Crippen LogP contribution in [0.5, 0.6) is 5.75 Å². The minimum Gasteiger partial charge on any atom is -0.493 e. The highest BCUT2D eigenvalue weighted by atomic mass is 32.2. The topological polar surface area (TPSA) is 116 Å². The Bertz CT molecular complexity index is 1310. The van der Waals surface area contributed by atoms with Gasteiger partial charge in [-0.1, -0.05) is 36.4 Å². The zero-order valence-electron chi connectivity index (χ0n) is 18.4. The van der Waals surface area contributed by atoms with Crippen molar-refractivity contribution in [2.75, 3.05) is 26.1 Å². The van der Waals surface area contributed by atoms with Gasteiger partial charge in [-0.25, -0.2) is 0 Å². The van der Waals surface area contributed by atoms with Crippen molar-refractivity contribution in [2.45, 2.75) is 25.9 Å². The zero-order valence-corrected chi connectivity index (χ0v) is 19.2. The third-order valence-electron chi connectivity index (χ3n) is 5.42. The number of aliphatic hydroxyl groups is 2. The van der Waals surface area contributed by atoms with Crippen LogP contribution in [-0.2, 0) is 16.7 Å². The number of hydrogen-bond acceptors (Lipinski definition) is 6. The highest BCUT2D eigenvalue weighted by Crippen LogP contribution is 2.39. The molecule has 4 N–H and O–H groups in total. The lowest BCUT2D eigenvalue weighted by Gasteiger charge is -2.27. The molecule has 172 valence electrons. The van der Waals surface area contributed by atoms with Crippen LogP contribution in [0.4, 0.5) is 0 Å². The first-order valence-corrected chi connectivity index (χ1v) is 12.2. The highest BCUT2D eigenvalue weighted by Gasteiger charge is 2.22. The second-order valence-electron chi connectivity index (χ2n) is 8.11. The first kappa shape index (κ1) is 24.2. The van der Waals surface area contributed by atoms with Gasteiger partial charge in [0.1, 0.15) is 5.75 Å². The van der Waals surface area contributed by atoms with Crippen LogP contribution < -0.4 is 10.1 Å². The van der Waals surface area contributed by atoms with Crippen molar-refractivity contribution in [1.82, 2.24) is 5.32 Å². The van der Waals surface area contributed by atoms with Crippen molar-refractivity contribution < 1.29 is 27.9 Å². The number of rotatable bonds is 7. The summed E-state index contributed by atoms with van der Waals surface area (Å²) < 4.78 is 31.7. The standard InChI is InChI=1S/C23H25NO3.CH4O3S/c1-3-27-20-11-8-16-5-4-15-6-7-17(12-24-23(2,13-25)14-26)18-9-10-19(20)22(16)21(15)18;1-5(2,3)4/h4-11,24-26H,3,12-14H2,1-2H3;1H3,(H,2,3,4). The summed E-state index contributed by atoms with van der Waals surface area (Å²) in [6, 6.07) is 17.0. The van der Waals surface area contributed by atoms with Gasteiger partial charge in [-0.05, 0) is 53.1 Å². The van der Waals surface area contributed by atoms with Gasteiger partial charge in [0.2, 0.25) is 0 Å². The Balaban J connectivity index is 0.000000523. The van der Waals surface area contributed by atoms with Crippen molar-refractivity contribution >= 4 is 42.4 Å². The summed E-state index contributed by atoms with van der Waals surface area (Å²) in [7, 11) is -3.67. The third kappa shape index (κ3) is 5.28. The Hall–Kier alpha value is -2.49. The van der Waals surface area contributed by atoms with Gasteiger partial charge in [-0.15, -0.1) is 0 Å². The fourth-order valence-corrected chi connectivity index (χ4v) is 3.74. The minimum absolute atomic E-state index is 0.118. The van der Waals surface area contributed by atoms with Crippen LogP contribution in [0.3, 0.4) is 0 Å². The number of aliphatic hydroxyl groups excluding tert-OH is 2. The van der Waals surface area contributed by atoms with E-state index in [4.69, 9.17) is 9.29 Å². The van der Waals surface area contributed by atoms with E-state index in [-0.39, 0.29) is 13.2 Å². The molecule has 4 aromatic rings. The van der Waals surface area contributed by atoms with E-state index in [1.165, 1.54) is 26.9 Å². The third-order valence-corrected chi connectivity index (χ3v) is 5.42. The van der Waals surface area contributed by atoms with E-state index in [1.54, 1.807) is 0 Å². The number of benzene rings is 4. The molecule has 0 fully saturated rings. The van der Waals surface area contributed by atoms with Crippen molar-refractivity contribution in [2.24, 2.45) is 0 Å². The van der Waals surface area contributed by atoms with E-state index in [1.807, 2.05) is 19.9 Å². The SMILES string of the molecule is CCOc1ccc2ccc3ccc(CNC(C)(CO)CO)c4ccc1c2c34.CS(=O)(=O)O. The molecule has 0 atom stereocenters. The lowest BCUT2D eigenvalue weighted by Crippen LogP contribution is -2.48. The van der Waals surface area contributed by atoms with E-state index in [2.05, 4.69) is 47.8 Å². The summed E-state index contributed by atoms with van der Waals surface area (Å²) >= 11 is 0. The zero-order chi connectivity index (χ0) is 23.5. The molecule has 0 bridgehead atoms.